The van der Waals surface area contributed by atoms with Gasteiger partial charge in [-0.3, -0.25) is 0 Å². The Labute approximate surface area is 150 Å². The summed E-state index contributed by atoms with van der Waals surface area (Å²) in [5.74, 6) is -1.41. The summed E-state index contributed by atoms with van der Waals surface area (Å²) < 4.78 is 41.3. The van der Waals surface area contributed by atoms with Crippen LogP contribution in [0.15, 0.2) is 60.7 Å². The van der Waals surface area contributed by atoms with Gasteiger partial charge >= 0.3 is 0 Å². The molecular formula is C21H19F3N2. The molecule has 0 fully saturated rings. The summed E-state index contributed by atoms with van der Waals surface area (Å²) in [5.41, 5.74) is 2.98. The number of rotatable bonds is 6. The molecule has 0 aliphatic rings. The molecule has 0 heterocycles. The van der Waals surface area contributed by atoms with Crippen molar-refractivity contribution in [2.45, 2.75) is 20.0 Å². The van der Waals surface area contributed by atoms with Gasteiger partial charge in [0.2, 0.25) is 0 Å². The van der Waals surface area contributed by atoms with Crippen LogP contribution in [0.5, 0.6) is 0 Å². The molecule has 5 heteroatoms. The average Bonchev–Trinajstić information content (AvgIpc) is 2.61. The highest BCUT2D eigenvalue weighted by Crippen LogP contribution is 2.20. The van der Waals surface area contributed by atoms with Crippen molar-refractivity contribution in [1.29, 1.82) is 0 Å². The highest BCUT2D eigenvalue weighted by atomic mass is 19.1. The lowest BCUT2D eigenvalue weighted by atomic mass is 10.1. The Morgan fingerprint density at radius 1 is 0.654 bits per heavy atom. The zero-order chi connectivity index (χ0) is 18.5. The first-order chi connectivity index (χ1) is 12.5. The van der Waals surface area contributed by atoms with E-state index < -0.39 is 11.6 Å². The van der Waals surface area contributed by atoms with Crippen molar-refractivity contribution in [3.63, 3.8) is 0 Å². The van der Waals surface area contributed by atoms with Gasteiger partial charge in [-0.25, -0.2) is 13.2 Å². The molecule has 0 amide bonds. The molecule has 0 saturated heterocycles. The van der Waals surface area contributed by atoms with E-state index >= 15 is 0 Å². The maximum absolute atomic E-state index is 13.9. The summed E-state index contributed by atoms with van der Waals surface area (Å²) in [5, 5.41) is 6.19. The van der Waals surface area contributed by atoms with E-state index in [0.717, 1.165) is 11.3 Å². The Bertz CT molecular complexity index is 798. The Morgan fingerprint density at radius 2 is 1.12 bits per heavy atom. The number of halogens is 3. The first kappa shape index (κ1) is 17.9. The molecule has 0 aliphatic heterocycles. The van der Waals surface area contributed by atoms with Crippen LogP contribution in [0.2, 0.25) is 0 Å². The van der Waals surface area contributed by atoms with E-state index in [0.29, 0.717) is 17.8 Å². The van der Waals surface area contributed by atoms with E-state index in [4.69, 9.17) is 0 Å². The van der Waals surface area contributed by atoms with Crippen LogP contribution in [0.1, 0.15) is 16.7 Å². The van der Waals surface area contributed by atoms with Crippen LogP contribution in [0, 0.1) is 24.4 Å². The number of hydrogen-bond donors (Lipinski definition) is 2. The number of benzene rings is 3. The molecular weight excluding hydrogens is 337 g/mol. The number of aryl methyl sites for hydroxylation is 1. The molecule has 0 bridgehead atoms. The third kappa shape index (κ3) is 4.17. The largest absolute Gasteiger partial charge is 0.381 e. The predicted octanol–water partition coefficient (Wildman–Crippen LogP) is 5.64. The average molecular weight is 356 g/mol. The van der Waals surface area contributed by atoms with E-state index in [1.165, 1.54) is 24.3 Å². The molecule has 3 aromatic rings. The minimum atomic E-state index is -0.582. The maximum atomic E-state index is 13.9. The summed E-state index contributed by atoms with van der Waals surface area (Å²) in [6.45, 7) is 2.25. The van der Waals surface area contributed by atoms with E-state index in [1.54, 1.807) is 12.1 Å². The Kier molecular flexibility index (Phi) is 5.46. The van der Waals surface area contributed by atoms with Crippen molar-refractivity contribution in [2.75, 3.05) is 10.6 Å². The predicted molar refractivity (Wildman–Crippen MR) is 98.6 cm³/mol. The van der Waals surface area contributed by atoms with Gasteiger partial charge in [-0.05, 0) is 48.9 Å². The first-order valence-corrected chi connectivity index (χ1v) is 8.29. The monoisotopic (exact) mass is 356 g/mol. The third-order valence-electron chi connectivity index (χ3n) is 4.22. The van der Waals surface area contributed by atoms with Gasteiger partial charge in [-0.1, -0.05) is 24.3 Å². The summed E-state index contributed by atoms with van der Waals surface area (Å²) >= 11 is 0. The van der Waals surface area contributed by atoms with Crippen LogP contribution in [-0.2, 0) is 13.1 Å². The molecule has 2 N–H and O–H groups in total. The maximum Gasteiger partial charge on any atom is 0.131 e. The normalized spacial score (nSPS) is 10.6. The van der Waals surface area contributed by atoms with Crippen LogP contribution >= 0.6 is 0 Å². The standard InChI is InChI=1S/C21H19F3N2/c1-14-5-2-8-19(22)17(14)12-25-15-6-3-7-16(11-15)26-13-18-20(23)9-4-10-21(18)24/h2-11,25-26H,12-13H2,1H3. The summed E-state index contributed by atoms with van der Waals surface area (Å²) in [4.78, 5) is 0. The third-order valence-corrected chi connectivity index (χ3v) is 4.22. The van der Waals surface area contributed by atoms with Gasteiger partial charge in [-0.15, -0.1) is 0 Å². The first-order valence-electron chi connectivity index (χ1n) is 8.29. The lowest BCUT2D eigenvalue weighted by Gasteiger charge is -2.12. The smallest absolute Gasteiger partial charge is 0.131 e. The van der Waals surface area contributed by atoms with Crippen molar-refractivity contribution in [3.8, 4) is 0 Å². The van der Waals surface area contributed by atoms with E-state index in [-0.39, 0.29) is 17.9 Å². The fourth-order valence-electron chi connectivity index (χ4n) is 2.71. The molecule has 3 rings (SSSR count). The summed E-state index contributed by atoms with van der Waals surface area (Å²) in [6, 6.07) is 16.1. The lowest BCUT2D eigenvalue weighted by molar-refractivity contribution is 0.560. The van der Waals surface area contributed by atoms with Crippen molar-refractivity contribution in [1.82, 2.24) is 0 Å². The fourth-order valence-corrected chi connectivity index (χ4v) is 2.71. The van der Waals surface area contributed by atoms with Gasteiger partial charge in [-0.2, -0.15) is 0 Å². The number of anilines is 2. The lowest BCUT2D eigenvalue weighted by Crippen LogP contribution is -2.06. The topological polar surface area (TPSA) is 24.1 Å². The summed E-state index contributed by atoms with van der Waals surface area (Å²) in [6.07, 6.45) is 0. The minimum Gasteiger partial charge on any atom is -0.381 e. The van der Waals surface area contributed by atoms with Crippen molar-refractivity contribution in [2.24, 2.45) is 0 Å². The highest BCUT2D eigenvalue weighted by molar-refractivity contribution is 5.57. The molecule has 0 unspecified atom stereocenters. The second-order valence-electron chi connectivity index (χ2n) is 6.02. The molecule has 2 nitrogen and oxygen atoms in total. The minimum absolute atomic E-state index is 0.00663. The highest BCUT2D eigenvalue weighted by Gasteiger charge is 2.08. The SMILES string of the molecule is Cc1cccc(F)c1CNc1cccc(NCc2c(F)cccc2F)c1. The molecule has 134 valence electrons. The van der Waals surface area contributed by atoms with Crippen molar-refractivity contribution >= 4 is 11.4 Å². The molecule has 26 heavy (non-hydrogen) atoms. The fraction of sp³-hybridized carbons (Fsp3) is 0.143. The van der Waals surface area contributed by atoms with Crippen molar-refractivity contribution < 1.29 is 13.2 Å². The molecule has 3 aromatic carbocycles. The second kappa shape index (κ2) is 7.95. The Morgan fingerprint density at radius 3 is 1.69 bits per heavy atom. The van der Waals surface area contributed by atoms with Gasteiger partial charge in [0.25, 0.3) is 0 Å². The van der Waals surface area contributed by atoms with Gasteiger partial charge in [0.05, 0.1) is 0 Å². The van der Waals surface area contributed by atoms with E-state index in [9.17, 15) is 13.2 Å². The van der Waals surface area contributed by atoms with Crippen LogP contribution in [-0.4, -0.2) is 0 Å². The van der Waals surface area contributed by atoms with Crippen LogP contribution in [0.25, 0.3) is 0 Å². The van der Waals surface area contributed by atoms with Gasteiger partial charge in [0.1, 0.15) is 17.5 Å². The van der Waals surface area contributed by atoms with Crippen LogP contribution in [0.4, 0.5) is 24.5 Å². The zero-order valence-electron chi connectivity index (χ0n) is 14.3. The molecule has 0 aromatic heterocycles. The Hall–Kier alpha value is -2.95. The van der Waals surface area contributed by atoms with E-state index in [1.807, 2.05) is 31.2 Å². The van der Waals surface area contributed by atoms with Crippen LogP contribution < -0.4 is 10.6 Å². The molecule has 0 radical (unpaired) electrons. The molecule has 0 saturated carbocycles. The van der Waals surface area contributed by atoms with Gasteiger partial charge in [0.15, 0.2) is 0 Å². The Balaban J connectivity index is 1.67. The van der Waals surface area contributed by atoms with Gasteiger partial charge in [0, 0.05) is 35.6 Å². The molecule has 0 atom stereocenters. The summed E-state index contributed by atoms with van der Waals surface area (Å²) in [7, 11) is 0. The molecule has 0 spiro atoms. The van der Waals surface area contributed by atoms with Crippen LogP contribution in [0.3, 0.4) is 0 Å². The van der Waals surface area contributed by atoms with E-state index in [2.05, 4.69) is 10.6 Å². The number of nitrogens with one attached hydrogen (secondary N) is 2. The van der Waals surface area contributed by atoms with Gasteiger partial charge < -0.3 is 10.6 Å². The number of hydrogen-bond acceptors (Lipinski definition) is 2. The van der Waals surface area contributed by atoms with Crippen molar-refractivity contribution in [3.05, 3.63) is 94.8 Å². The quantitative estimate of drug-likeness (QED) is 0.597. The molecule has 0 aliphatic carbocycles. The second-order valence-corrected chi connectivity index (χ2v) is 6.02. The zero-order valence-corrected chi connectivity index (χ0v) is 14.3.